The highest BCUT2D eigenvalue weighted by atomic mass is 32.2. The topological polar surface area (TPSA) is 63.6 Å². The first-order valence-corrected chi connectivity index (χ1v) is 8.73. The van der Waals surface area contributed by atoms with E-state index >= 15 is 0 Å². The number of benzene rings is 3. The minimum Gasteiger partial charge on any atom is -0.507 e. The van der Waals surface area contributed by atoms with Gasteiger partial charge in [-0.3, -0.25) is 0 Å². The number of aromatic hydroxyl groups is 1. The molecule has 0 aliphatic carbocycles. The van der Waals surface area contributed by atoms with Crippen molar-refractivity contribution < 1.29 is 18.3 Å². The summed E-state index contributed by atoms with van der Waals surface area (Å²) in [6.07, 6.45) is 0. The Kier molecular flexibility index (Phi) is 3.96. The maximum atomic E-state index is 12.6. The number of rotatable bonds is 4. The van der Waals surface area contributed by atoms with Gasteiger partial charge in [0.1, 0.15) is 11.5 Å². The molecular formula is C18H16O4S. The van der Waals surface area contributed by atoms with Gasteiger partial charge in [0.15, 0.2) is 9.84 Å². The number of fused-ring (bicyclic) bond motifs is 1. The molecule has 0 unspecified atom stereocenters. The summed E-state index contributed by atoms with van der Waals surface area (Å²) in [6, 6.07) is 16.7. The van der Waals surface area contributed by atoms with Crippen LogP contribution in [0.5, 0.6) is 11.5 Å². The molecule has 0 bridgehead atoms. The number of hydrogen-bond acceptors (Lipinski definition) is 4. The maximum absolute atomic E-state index is 12.6. The molecule has 5 heteroatoms. The van der Waals surface area contributed by atoms with E-state index in [4.69, 9.17) is 4.74 Å². The van der Waals surface area contributed by atoms with E-state index in [9.17, 15) is 13.5 Å². The zero-order valence-corrected chi connectivity index (χ0v) is 13.4. The number of ether oxygens (including phenoxy) is 1. The van der Waals surface area contributed by atoms with Gasteiger partial charge in [0.05, 0.1) is 17.8 Å². The molecule has 3 aromatic rings. The average Bonchev–Trinajstić information content (AvgIpc) is 2.58. The van der Waals surface area contributed by atoms with Gasteiger partial charge >= 0.3 is 0 Å². The van der Waals surface area contributed by atoms with Crippen molar-refractivity contribution in [2.45, 2.75) is 10.6 Å². The predicted octanol–water partition coefficient (Wildman–Crippen LogP) is 3.53. The number of phenols is 1. The van der Waals surface area contributed by atoms with Gasteiger partial charge in [-0.05, 0) is 41.3 Å². The van der Waals surface area contributed by atoms with Crippen molar-refractivity contribution in [1.82, 2.24) is 0 Å². The highest BCUT2D eigenvalue weighted by Crippen LogP contribution is 2.30. The largest absolute Gasteiger partial charge is 0.507 e. The Hall–Kier alpha value is -2.53. The number of hydrogen-bond donors (Lipinski definition) is 1. The lowest BCUT2D eigenvalue weighted by atomic mass is 10.1. The van der Waals surface area contributed by atoms with E-state index in [0.29, 0.717) is 16.7 Å². The fraction of sp³-hybridized carbons (Fsp3) is 0.111. The van der Waals surface area contributed by atoms with Gasteiger partial charge in [0, 0.05) is 5.39 Å². The molecule has 4 nitrogen and oxygen atoms in total. The van der Waals surface area contributed by atoms with Crippen molar-refractivity contribution in [1.29, 1.82) is 0 Å². The molecule has 23 heavy (non-hydrogen) atoms. The van der Waals surface area contributed by atoms with E-state index in [1.807, 2.05) is 18.2 Å². The van der Waals surface area contributed by atoms with E-state index < -0.39 is 9.84 Å². The second-order valence-corrected chi connectivity index (χ2v) is 7.21. The zero-order chi connectivity index (χ0) is 16.4. The fourth-order valence-electron chi connectivity index (χ4n) is 2.54. The first-order valence-electron chi connectivity index (χ1n) is 7.08. The summed E-state index contributed by atoms with van der Waals surface area (Å²) in [4.78, 5) is 0.246. The van der Waals surface area contributed by atoms with E-state index in [-0.39, 0.29) is 16.4 Å². The molecule has 3 aromatic carbocycles. The summed E-state index contributed by atoms with van der Waals surface area (Å²) >= 11 is 0. The quantitative estimate of drug-likeness (QED) is 0.796. The third kappa shape index (κ3) is 3.00. The summed E-state index contributed by atoms with van der Waals surface area (Å²) < 4.78 is 30.3. The Morgan fingerprint density at radius 3 is 2.22 bits per heavy atom. The van der Waals surface area contributed by atoms with Crippen LogP contribution in [0, 0.1) is 0 Å². The minimum atomic E-state index is -3.48. The van der Waals surface area contributed by atoms with Crippen molar-refractivity contribution in [3.63, 3.8) is 0 Å². The van der Waals surface area contributed by atoms with Crippen molar-refractivity contribution >= 4 is 20.6 Å². The molecule has 0 heterocycles. The van der Waals surface area contributed by atoms with Crippen LogP contribution >= 0.6 is 0 Å². The van der Waals surface area contributed by atoms with Crippen molar-refractivity contribution in [2.24, 2.45) is 0 Å². The van der Waals surface area contributed by atoms with Gasteiger partial charge in [-0.15, -0.1) is 0 Å². The van der Waals surface area contributed by atoms with Gasteiger partial charge in [-0.25, -0.2) is 8.42 Å². The minimum absolute atomic E-state index is 0.125. The van der Waals surface area contributed by atoms with Crippen LogP contribution in [0.25, 0.3) is 10.8 Å². The van der Waals surface area contributed by atoms with Crippen LogP contribution in [0.15, 0.2) is 65.6 Å². The molecule has 1 N–H and O–H groups in total. The van der Waals surface area contributed by atoms with Crippen LogP contribution < -0.4 is 4.74 Å². The van der Waals surface area contributed by atoms with Crippen molar-refractivity contribution in [3.8, 4) is 11.5 Å². The van der Waals surface area contributed by atoms with Crippen LogP contribution in [-0.4, -0.2) is 20.6 Å². The van der Waals surface area contributed by atoms with E-state index in [2.05, 4.69) is 0 Å². The van der Waals surface area contributed by atoms with Crippen LogP contribution in [0.2, 0.25) is 0 Å². The molecule has 0 aromatic heterocycles. The molecule has 0 radical (unpaired) electrons. The second kappa shape index (κ2) is 5.93. The van der Waals surface area contributed by atoms with Crippen LogP contribution in [0.3, 0.4) is 0 Å². The maximum Gasteiger partial charge on any atom is 0.182 e. The molecule has 0 aliphatic rings. The van der Waals surface area contributed by atoms with Crippen molar-refractivity contribution in [3.05, 3.63) is 66.2 Å². The first-order chi connectivity index (χ1) is 11.0. The molecule has 0 atom stereocenters. The molecule has 118 valence electrons. The second-order valence-electron chi connectivity index (χ2n) is 5.22. The Balaban J connectivity index is 2.02. The Labute approximate surface area is 134 Å². The predicted molar refractivity (Wildman–Crippen MR) is 89.5 cm³/mol. The van der Waals surface area contributed by atoms with Crippen LogP contribution in [0.1, 0.15) is 5.56 Å². The first kappa shape index (κ1) is 15.4. The van der Waals surface area contributed by atoms with Gasteiger partial charge in [0.2, 0.25) is 0 Å². The number of methoxy groups -OCH3 is 1. The van der Waals surface area contributed by atoms with Gasteiger partial charge < -0.3 is 9.84 Å². The Bertz CT molecular complexity index is 944. The third-order valence-electron chi connectivity index (χ3n) is 3.76. The van der Waals surface area contributed by atoms with Gasteiger partial charge in [0.25, 0.3) is 0 Å². The highest BCUT2D eigenvalue weighted by molar-refractivity contribution is 7.90. The highest BCUT2D eigenvalue weighted by Gasteiger charge is 2.17. The Morgan fingerprint density at radius 1 is 0.913 bits per heavy atom. The van der Waals surface area contributed by atoms with Crippen LogP contribution in [0.4, 0.5) is 0 Å². The lowest BCUT2D eigenvalue weighted by Gasteiger charge is -2.10. The average molecular weight is 328 g/mol. The molecular weight excluding hydrogens is 312 g/mol. The zero-order valence-electron chi connectivity index (χ0n) is 12.6. The molecule has 0 amide bonds. The van der Waals surface area contributed by atoms with E-state index in [0.717, 1.165) is 5.39 Å². The lowest BCUT2D eigenvalue weighted by molar-refractivity contribution is 0.414. The third-order valence-corrected chi connectivity index (χ3v) is 5.44. The summed E-state index contributed by atoms with van der Waals surface area (Å²) in [6.45, 7) is 0. The monoisotopic (exact) mass is 328 g/mol. The summed E-state index contributed by atoms with van der Waals surface area (Å²) in [7, 11) is -1.95. The van der Waals surface area contributed by atoms with Crippen molar-refractivity contribution in [2.75, 3.05) is 7.11 Å². The molecule has 3 rings (SSSR count). The van der Waals surface area contributed by atoms with E-state index in [1.54, 1.807) is 24.3 Å². The fourth-order valence-corrected chi connectivity index (χ4v) is 3.92. The number of sulfone groups is 1. The van der Waals surface area contributed by atoms with Gasteiger partial charge in [-0.2, -0.15) is 0 Å². The molecule has 0 saturated carbocycles. The standard InChI is InChI=1S/C18H16O4S/c1-22-14-7-9-15(10-8-14)23(20,21)12-13-6-11-18(19)17-5-3-2-4-16(13)17/h2-11,19H,12H2,1H3. The number of phenolic OH excluding ortho intramolecular Hbond substituents is 1. The normalized spacial score (nSPS) is 11.5. The smallest absolute Gasteiger partial charge is 0.182 e. The summed E-state index contributed by atoms with van der Waals surface area (Å²) in [5.41, 5.74) is 0.661. The Morgan fingerprint density at radius 2 is 1.57 bits per heavy atom. The molecule has 0 saturated heterocycles. The van der Waals surface area contributed by atoms with E-state index in [1.165, 1.54) is 25.3 Å². The van der Waals surface area contributed by atoms with Gasteiger partial charge in [-0.1, -0.05) is 30.3 Å². The lowest BCUT2D eigenvalue weighted by Crippen LogP contribution is -2.05. The molecule has 0 spiro atoms. The summed E-state index contributed by atoms with van der Waals surface area (Å²) in [5.74, 6) is 0.630. The SMILES string of the molecule is COc1ccc(S(=O)(=O)Cc2ccc(O)c3ccccc23)cc1. The molecule has 0 fully saturated rings. The van der Waals surface area contributed by atoms with Crippen LogP contribution in [-0.2, 0) is 15.6 Å². The summed E-state index contributed by atoms with van der Waals surface area (Å²) in [5, 5.41) is 11.3. The molecule has 0 aliphatic heterocycles.